The number of benzene rings is 2. The van der Waals surface area contributed by atoms with Gasteiger partial charge in [0.05, 0.1) is 36.2 Å². The quantitative estimate of drug-likeness (QED) is 0.381. The third-order valence-electron chi connectivity index (χ3n) is 6.59. The number of aliphatic hydroxyl groups is 1. The Morgan fingerprint density at radius 3 is 2.59 bits per heavy atom. The van der Waals surface area contributed by atoms with Gasteiger partial charge in [-0.15, -0.1) is 0 Å². The number of nitrogens with two attached hydrogens (primary N) is 1. The lowest BCUT2D eigenvalue weighted by molar-refractivity contribution is -0.0907. The SMILES string of the molecule is CC(C)CN(CC(O)C(Cc1ccccc1)NC(=O)OC1COC2OCCC12)S(=O)c1ccc(N)cc1. The minimum atomic E-state index is -1.51. The molecule has 2 heterocycles. The summed E-state index contributed by atoms with van der Waals surface area (Å²) >= 11 is 0. The van der Waals surface area contributed by atoms with Crippen LogP contribution in [0.25, 0.3) is 0 Å². The van der Waals surface area contributed by atoms with Gasteiger partial charge in [0, 0.05) is 18.8 Å². The second kappa shape index (κ2) is 12.8. The Hall–Kier alpha value is -2.50. The summed E-state index contributed by atoms with van der Waals surface area (Å²) in [4.78, 5) is 13.5. The van der Waals surface area contributed by atoms with Crippen LogP contribution >= 0.6 is 0 Å². The van der Waals surface area contributed by atoms with Crippen LogP contribution in [0.3, 0.4) is 0 Å². The van der Waals surface area contributed by atoms with E-state index in [1.807, 2.05) is 44.2 Å². The van der Waals surface area contributed by atoms with Gasteiger partial charge in [-0.1, -0.05) is 44.2 Å². The van der Waals surface area contributed by atoms with Gasteiger partial charge >= 0.3 is 6.09 Å². The lowest BCUT2D eigenvalue weighted by Crippen LogP contribution is -2.51. The summed E-state index contributed by atoms with van der Waals surface area (Å²) in [5, 5.41) is 14.2. The van der Waals surface area contributed by atoms with Gasteiger partial charge in [0.1, 0.15) is 17.1 Å². The fourth-order valence-electron chi connectivity index (χ4n) is 4.71. The molecule has 202 valence electrons. The molecule has 2 fully saturated rings. The molecule has 2 aliphatic rings. The first kappa shape index (κ1) is 27.5. The zero-order valence-corrected chi connectivity index (χ0v) is 22.1. The Labute approximate surface area is 220 Å². The maximum atomic E-state index is 13.4. The van der Waals surface area contributed by atoms with Gasteiger partial charge in [0.2, 0.25) is 0 Å². The van der Waals surface area contributed by atoms with Crippen molar-refractivity contribution in [2.45, 2.75) is 56.1 Å². The normalized spacial score (nSPS) is 23.5. The second-order valence-corrected chi connectivity index (χ2v) is 11.5. The highest BCUT2D eigenvalue weighted by molar-refractivity contribution is 7.82. The number of nitrogens with zero attached hydrogens (tertiary/aromatic N) is 1. The molecule has 0 bridgehead atoms. The van der Waals surface area contributed by atoms with E-state index >= 15 is 0 Å². The van der Waals surface area contributed by atoms with E-state index in [1.165, 1.54) is 0 Å². The first-order chi connectivity index (χ1) is 17.8. The molecule has 0 radical (unpaired) electrons. The summed E-state index contributed by atoms with van der Waals surface area (Å²) in [5.74, 6) is 0.228. The molecule has 10 heteroatoms. The zero-order chi connectivity index (χ0) is 26.4. The summed E-state index contributed by atoms with van der Waals surface area (Å²) in [6, 6.07) is 15.8. The van der Waals surface area contributed by atoms with Gasteiger partial charge in [-0.3, -0.25) is 0 Å². The number of carbonyl (C=O) groups is 1. The molecular weight excluding hydrogens is 494 g/mol. The summed E-state index contributed by atoms with van der Waals surface area (Å²) in [6.07, 6.45) is -1.17. The maximum Gasteiger partial charge on any atom is 0.407 e. The zero-order valence-electron chi connectivity index (χ0n) is 21.3. The Morgan fingerprint density at radius 1 is 1.16 bits per heavy atom. The summed E-state index contributed by atoms with van der Waals surface area (Å²) in [6.45, 7) is 5.53. The first-order valence-corrected chi connectivity index (χ1v) is 13.9. The molecular formula is C27H37N3O6S. The van der Waals surface area contributed by atoms with E-state index in [-0.39, 0.29) is 31.3 Å². The number of rotatable bonds is 11. The summed E-state index contributed by atoms with van der Waals surface area (Å²) < 4.78 is 31.9. The second-order valence-electron chi connectivity index (χ2n) is 10.0. The molecule has 2 aromatic rings. The van der Waals surface area contributed by atoms with Crippen molar-refractivity contribution in [2.24, 2.45) is 11.8 Å². The highest BCUT2D eigenvalue weighted by Crippen LogP contribution is 2.33. The van der Waals surface area contributed by atoms with E-state index in [1.54, 1.807) is 28.6 Å². The van der Waals surface area contributed by atoms with Gasteiger partial charge in [0.25, 0.3) is 0 Å². The Morgan fingerprint density at radius 2 is 1.89 bits per heavy atom. The standard InChI is InChI=1S/C27H37N3O6S/c1-18(2)15-30(37(33)21-10-8-20(28)9-11-21)16-24(31)23(14-19-6-4-3-5-7-19)29-27(32)36-25-17-35-26-22(25)12-13-34-26/h3-11,18,22-26,31H,12-17,28H2,1-2H3,(H,29,32). The molecule has 4 N–H and O–H groups in total. The minimum absolute atomic E-state index is 0.0205. The van der Waals surface area contributed by atoms with E-state index in [0.29, 0.717) is 30.2 Å². The number of carbonyl (C=O) groups excluding carboxylic acids is 1. The smallest absolute Gasteiger partial charge is 0.407 e. The highest BCUT2D eigenvalue weighted by atomic mass is 32.2. The van der Waals surface area contributed by atoms with Gasteiger partial charge in [-0.2, -0.15) is 0 Å². The predicted molar refractivity (Wildman–Crippen MR) is 141 cm³/mol. The van der Waals surface area contributed by atoms with Crippen LogP contribution in [-0.4, -0.2) is 70.6 Å². The number of ether oxygens (including phenoxy) is 3. The van der Waals surface area contributed by atoms with Crippen LogP contribution in [0.15, 0.2) is 59.5 Å². The third-order valence-corrected chi connectivity index (χ3v) is 8.03. The number of amides is 1. The van der Waals surface area contributed by atoms with E-state index < -0.39 is 35.3 Å². The largest absolute Gasteiger partial charge is 0.443 e. The van der Waals surface area contributed by atoms with Crippen molar-refractivity contribution in [3.63, 3.8) is 0 Å². The topological polar surface area (TPSA) is 123 Å². The van der Waals surface area contributed by atoms with E-state index in [2.05, 4.69) is 5.32 Å². The van der Waals surface area contributed by atoms with Crippen LogP contribution in [0.2, 0.25) is 0 Å². The van der Waals surface area contributed by atoms with Crippen LogP contribution in [0.1, 0.15) is 25.8 Å². The average Bonchev–Trinajstić information content (AvgIpc) is 3.49. The van der Waals surface area contributed by atoms with Gasteiger partial charge in [0.15, 0.2) is 6.29 Å². The molecule has 2 aliphatic heterocycles. The van der Waals surface area contributed by atoms with Crippen molar-refractivity contribution in [3.05, 3.63) is 60.2 Å². The molecule has 4 rings (SSSR count). The molecule has 2 saturated heterocycles. The van der Waals surface area contributed by atoms with Crippen LogP contribution < -0.4 is 11.1 Å². The van der Waals surface area contributed by atoms with E-state index in [9.17, 15) is 14.1 Å². The number of anilines is 1. The van der Waals surface area contributed by atoms with Crippen molar-refractivity contribution in [1.29, 1.82) is 0 Å². The lowest BCUT2D eigenvalue weighted by Gasteiger charge is -2.30. The van der Waals surface area contributed by atoms with Gasteiger partial charge in [-0.05, 0) is 48.6 Å². The van der Waals surface area contributed by atoms with Crippen molar-refractivity contribution < 1.29 is 28.3 Å². The number of aliphatic hydroxyl groups excluding tert-OH is 1. The van der Waals surface area contributed by atoms with Gasteiger partial charge in [-0.25, -0.2) is 13.3 Å². The van der Waals surface area contributed by atoms with Crippen molar-refractivity contribution >= 4 is 22.8 Å². The van der Waals surface area contributed by atoms with E-state index in [0.717, 1.165) is 12.0 Å². The molecule has 1 amide bonds. The number of hydrogen-bond acceptors (Lipinski definition) is 7. The van der Waals surface area contributed by atoms with Crippen LogP contribution in [0, 0.1) is 11.8 Å². The van der Waals surface area contributed by atoms with Crippen molar-refractivity contribution in [2.75, 3.05) is 32.0 Å². The molecule has 2 aromatic carbocycles. The molecule has 6 atom stereocenters. The average molecular weight is 532 g/mol. The van der Waals surface area contributed by atoms with Crippen LogP contribution in [-0.2, 0) is 31.6 Å². The monoisotopic (exact) mass is 531 g/mol. The number of hydrogen-bond donors (Lipinski definition) is 3. The summed E-state index contributed by atoms with van der Waals surface area (Å²) in [5.41, 5.74) is 7.33. The molecule has 0 aliphatic carbocycles. The molecule has 0 spiro atoms. The van der Waals surface area contributed by atoms with Gasteiger partial charge < -0.3 is 30.4 Å². The number of nitrogens with one attached hydrogen (secondary N) is 1. The Bertz CT molecular complexity index is 1040. The molecule has 37 heavy (non-hydrogen) atoms. The Balaban J connectivity index is 1.46. The summed E-state index contributed by atoms with van der Waals surface area (Å²) in [7, 11) is -1.51. The fourth-order valence-corrected chi connectivity index (χ4v) is 6.10. The fraction of sp³-hybridized carbons (Fsp3) is 0.519. The Kier molecular flexibility index (Phi) is 9.55. The first-order valence-electron chi connectivity index (χ1n) is 12.7. The third kappa shape index (κ3) is 7.52. The molecule has 6 unspecified atom stereocenters. The minimum Gasteiger partial charge on any atom is -0.443 e. The predicted octanol–water partition coefficient (Wildman–Crippen LogP) is 2.71. The lowest BCUT2D eigenvalue weighted by atomic mass is 10.0. The number of alkyl carbamates (subject to hydrolysis) is 1. The highest BCUT2D eigenvalue weighted by Gasteiger charge is 2.44. The van der Waals surface area contributed by atoms with Crippen molar-refractivity contribution in [1.82, 2.24) is 9.62 Å². The number of nitrogen functional groups attached to an aromatic ring is 1. The van der Waals surface area contributed by atoms with Crippen LogP contribution in [0.4, 0.5) is 10.5 Å². The molecule has 9 nitrogen and oxygen atoms in total. The molecule has 0 aromatic heterocycles. The molecule has 0 saturated carbocycles. The maximum absolute atomic E-state index is 13.4. The van der Waals surface area contributed by atoms with Crippen molar-refractivity contribution in [3.8, 4) is 0 Å². The van der Waals surface area contributed by atoms with E-state index in [4.69, 9.17) is 19.9 Å². The number of fused-ring (bicyclic) bond motifs is 1. The van der Waals surface area contributed by atoms with Crippen LogP contribution in [0.5, 0.6) is 0 Å².